The molecular formula is C32H40FN3O6S. The van der Waals surface area contributed by atoms with E-state index in [0.717, 1.165) is 9.87 Å². The topological polar surface area (TPSA) is 105 Å². The van der Waals surface area contributed by atoms with Crippen LogP contribution in [0.3, 0.4) is 0 Å². The second-order valence-corrected chi connectivity index (χ2v) is 12.4. The van der Waals surface area contributed by atoms with E-state index in [1.807, 2.05) is 20.8 Å². The molecule has 0 aromatic heterocycles. The van der Waals surface area contributed by atoms with Crippen molar-refractivity contribution < 1.29 is 31.9 Å². The molecule has 0 fully saturated rings. The summed E-state index contributed by atoms with van der Waals surface area (Å²) in [6.45, 7) is 7.25. The Morgan fingerprint density at radius 2 is 1.60 bits per heavy atom. The van der Waals surface area contributed by atoms with E-state index in [1.165, 1.54) is 61.6 Å². The number of nitrogens with one attached hydrogen (secondary N) is 1. The van der Waals surface area contributed by atoms with Gasteiger partial charge in [-0.2, -0.15) is 0 Å². The van der Waals surface area contributed by atoms with Crippen LogP contribution in [-0.2, 0) is 26.2 Å². The number of methoxy groups -OCH3 is 2. The van der Waals surface area contributed by atoms with Crippen LogP contribution < -0.4 is 19.1 Å². The highest BCUT2D eigenvalue weighted by Crippen LogP contribution is 2.36. The number of carbonyl (C=O) groups excluding carboxylic acids is 2. The zero-order valence-corrected chi connectivity index (χ0v) is 26.3. The van der Waals surface area contributed by atoms with Crippen molar-refractivity contribution in [1.82, 2.24) is 10.2 Å². The third kappa shape index (κ3) is 8.47. The van der Waals surface area contributed by atoms with E-state index < -0.39 is 34.3 Å². The van der Waals surface area contributed by atoms with Crippen LogP contribution in [0.2, 0.25) is 0 Å². The van der Waals surface area contributed by atoms with Gasteiger partial charge in [0.05, 0.1) is 24.8 Å². The van der Waals surface area contributed by atoms with Gasteiger partial charge < -0.3 is 19.7 Å². The molecule has 0 aliphatic rings. The first-order valence-electron chi connectivity index (χ1n) is 14.0. The van der Waals surface area contributed by atoms with Gasteiger partial charge in [0.1, 0.15) is 29.9 Å². The highest BCUT2D eigenvalue weighted by molar-refractivity contribution is 7.92. The van der Waals surface area contributed by atoms with Crippen molar-refractivity contribution in [3.63, 3.8) is 0 Å². The Kier molecular flexibility index (Phi) is 11.5. The summed E-state index contributed by atoms with van der Waals surface area (Å²) in [6.07, 6.45) is 0.268. The van der Waals surface area contributed by atoms with Crippen molar-refractivity contribution in [2.45, 2.75) is 51.6 Å². The van der Waals surface area contributed by atoms with Gasteiger partial charge in [-0.1, -0.05) is 50.6 Å². The Balaban J connectivity index is 2.13. The van der Waals surface area contributed by atoms with Crippen LogP contribution in [0.15, 0.2) is 71.6 Å². The fourth-order valence-electron chi connectivity index (χ4n) is 4.47. The normalized spacial score (nSPS) is 12.0. The van der Waals surface area contributed by atoms with Crippen LogP contribution in [-0.4, -0.2) is 58.5 Å². The molecule has 3 aromatic rings. The van der Waals surface area contributed by atoms with Gasteiger partial charge in [-0.3, -0.25) is 13.9 Å². The molecule has 0 saturated carbocycles. The van der Waals surface area contributed by atoms with E-state index in [-0.39, 0.29) is 41.1 Å². The lowest BCUT2D eigenvalue weighted by Gasteiger charge is -2.33. The molecule has 0 bridgehead atoms. The van der Waals surface area contributed by atoms with Gasteiger partial charge in [-0.25, -0.2) is 12.8 Å². The number of carbonyl (C=O) groups is 2. The minimum Gasteiger partial charge on any atom is -0.497 e. The Morgan fingerprint density at radius 1 is 0.953 bits per heavy atom. The van der Waals surface area contributed by atoms with E-state index in [9.17, 15) is 22.4 Å². The number of benzene rings is 3. The van der Waals surface area contributed by atoms with Gasteiger partial charge in [0.2, 0.25) is 11.8 Å². The van der Waals surface area contributed by atoms with Crippen LogP contribution in [0.5, 0.6) is 11.5 Å². The monoisotopic (exact) mass is 613 g/mol. The van der Waals surface area contributed by atoms with E-state index in [4.69, 9.17) is 9.47 Å². The number of ether oxygens (including phenoxy) is 2. The molecule has 1 atom stereocenters. The molecule has 3 aromatic carbocycles. The molecule has 0 spiro atoms. The first-order valence-corrected chi connectivity index (χ1v) is 15.5. The summed E-state index contributed by atoms with van der Waals surface area (Å²) in [7, 11) is -1.46. The van der Waals surface area contributed by atoms with Crippen molar-refractivity contribution in [3.8, 4) is 11.5 Å². The Bertz CT molecular complexity index is 1490. The number of halogens is 1. The summed E-state index contributed by atoms with van der Waals surface area (Å²) in [5.41, 5.74) is 1.54. The van der Waals surface area contributed by atoms with Gasteiger partial charge in [-0.05, 0) is 61.2 Å². The lowest BCUT2D eigenvalue weighted by molar-refractivity contribution is -0.140. The predicted molar refractivity (Wildman–Crippen MR) is 164 cm³/mol. The number of nitrogens with zero attached hydrogens (tertiary/aromatic N) is 2. The maximum atomic E-state index is 14.2. The number of amides is 2. The molecule has 2 amide bonds. The van der Waals surface area contributed by atoms with Crippen molar-refractivity contribution >= 4 is 27.5 Å². The molecule has 0 unspecified atom stereocenters. The summed E-state index contributed by atoms with van der Waals surface area (Å²) in [5, 5.41) is 2.88. The standard InChI is InChI=1S/C32H40FN3O6S/c1-7-28(32(38)34-19-22(2)3)35(20-24-10-12-25(33)13-11-24)31(37)21-36(29-18-26(41-5)14-17-30(29)42-6)43(39,40)27-15-8-23(4)9-16-27/h8-18,22,28H,7,19-21H2,1-6H3,(H,34,38)/t28-/m1/s1. The Morgan fingerprint density at radius 3 is 2.16 bits per heavy atom. The van der Waals surface area contributed by atoms with Crippen molar-refractivity contribution in [2.75, 3.05) is 31.6 Å². The molecule has 0 heterocycles. The maximum Gasteiger partial charge on any atom is 0.264 e. The van der Waals surface area contributed by atoms with Crippen molar-refractivity contribution in [3.05, 3.63) is 83.7 Å². The van der Waals surface area contributed by atoms with Crippen LogP contribution in [0.1, 0.15) is 38.3 Å². The van der Waals surface area contributed by atoms with Crippen molar-refractivity contribution in [2.24, 2.45) is 5.92 Å². The van der Waals surface area contributed by atoms with E-state index in [2.05, 4.69) is 5.32 Å². The molecule has 9 nitrogen and oxygen atoms in total. The fourth-order valence-corrected chi connectivity index (χ4v) is 5.89. The zero-order chi connectivity index (χ0) is 31.7. The first kappa shape index (κ1) is 33.4. The quantitative estimate of drug-likeness (QED) is 0.277. The molecule has 11 heteroatoms. The molecule has 0 aliphatic carbocycles. The number of anilines is 1. The summed E-state index contributed by atoms with van der Waals surface area (Å²) in [4.78, 5) is 28.9. The predicted octanol–water partition coefficient (Wildman–Crippen LogP) is 4.93. The minimum absolute atomic E-state index is 0.0254. The smallest absolute Gasteiger partial charge is 0.264 e. The molecule has 232 valence electrons. The average Bonchev–Trinajstić information content (AvgIpc) is 2.99. The number of hydrogen-bond donors (Lipinski definition) is 1. The Hall–Kier alpha value is -4.12. The summed E-state index contributed by atoms with van der Waals surface area (Å²) < 4.78 is 53.8. The third-order valence-corrected chi connectivity index (χ3v) is 8.65. The zero-order valence-electron chi connectivity index (χ0n) is 25.5. The molecule has 1 N–H and O–H groups in total. The maximum absolute atomic E-state index is 14.2. The highest BCUT2D eigenvalue weighted by Gasteiger charge is 2.35. The molecule has 0 radical (unpaired) electrons. The van der Waals surface area contributed by atoms with E-state index >= 15 is 0 Å². The third-order valence-electron chi connectivity index (χ3n) is 6.88. The number of rotatable bonds is 14. The second kappa shape index (κ2) is 14.9. The highest BCUT2D eigenvalue weighted by atomic mass is 32.2. The average molecular weight is 614 g/mol. The summed E-state index contributed by atoms with van der Waals surface area (Å²) >= 11 is 0. The lowest BCUT2D eigenvalue weighted by atomic mass is 10.1. The van der Waals surface area contributed by atoms with Crippen LogP contribution in [0.4, 0.5) is 10.1 Å². The van der Waals surface area contributed by atoms with Gasteiger partial charge in [0.25, 0.3) is 10.0 Å². The number of hydrogen-bond acceptors (Lipinski definition) is 6. The lowest BCUT2D eigenvalue weighted by Crippen LogP contribution is -2.52. The van der Waals surface area contributed by atoms with Crippen molar-refractivity contribution in [1.29, 1.82) is 0 Å². The summed E-state index contributed by atoms with van der Waals surface area (Å²) in [5.74, 6) is -0.691. The van der Waals surface area contributed by atoms with Crippen LogP contribution in [0.25, 0.3) is 0 Å². The largest absolute Gasteiger partial charge is 0.497 e. The minimum atomic E-state index is -4.31. The summed E-state index contributed by atoms with van der Waals surface area (Å²) in [6, 6.07) is 15.6. The van der Waals surface area contributed by atoms with Gasteiger partial charge in [0, 0.05) is 19.2 Å². The molecule has 0 aliphatic heterocycles. The number of aryl methyl sites for hydroxylation is 1. The first-order chi connectivity index (χ1) is 20.4. The van der Waals surface area contributed by atoms with Crippen LogP contribution in [0, 0.1) is 18.7 Å². The molecule has 0 saturated heterocycles. The Labute approximate surface area is 253 Å². The molecular weight excluding hydrogens is 573 g/mol. The van der Waals surface area contributed by atoms with Gasteiger partial charge in [0.15, 0.2) is 0 Å². The second-order valence-electron chi connectivity index (χ2n) is 10.6. The van der Waals surface area contributed by atoms with Gasteiger partial charge >= 0.3 is 0 Å². The van der Waals surface area contributed by atoms with E-state index in [1.54, 1.807) is 31.2 Å². The molecule has 43 heavy (non-hydrogen) atoms. The molecule has 3 rings (SSSR count). The van der Waals surface area contributed by atoms with E-state index in [0.29, 0.717) is 17.9 Å². The van der Waals surface area contributed by atoms with Gasteiger partial charge in [-0.15, -0.1) is 0 Å². The SMILES string of the molecule is CC[C@H](C(=O)NCC(C)C)N(Cc1ccc(F)cc1)C(=O)CN(c1cc(OC)ccc1OC)S(=O)(=O)c1ccc(C)cc1. The van der Waals surface area contributed by atoms with Crippen LogP contribution >= 0.6 is 0 Å². The number of sulfonamides is 1. The fraction of sp³-hybridized carbons (Fsp3) is 0.375.